The lowest BCUT2D eigenvalue weighted by atomic mass is 10.1. The normalized spacial score (nSPS) is 17.6. The molecule has 2 rings (SSSR count). The molecule has 1 aliphatic heterocycles. The Morgan fingerprint density at radius 3 is 2.69 bits per heavy atom. The molecule has 1 aliphatic rings. The van der Waals surface area contributed by atoms with Crippen LogP contribution in [0.25, 0.3) is 0 Å². The Hall–Kier alpha value is -0.570. The van der Waals surface area contributed by atoms with Gasteiger partial charge >= 0.3 is 0 Å². The Balaban J connectivity index is 1.88. The molecular weight excluding hydrogens is 220 g/mol. The minimum Gasteiger partial charge on any atom is -0.251 e. The van der Waals surface area contributed by atoms with Crippen molar-refractivity contribution in [3.63, 3.8) is 0 Å². The number of piperidine rings is 1. The van der Waals surface area contributed by atoms with E-state index in [9.17, 15) is 0 Å². The second-order valence-corrected chi connectivity index (χ2v) is 4.88. The first-order chi connectivity index (χ1) is 7.75. The van der Waals surface area contributed by atoms with Crippen LogP contribution in [-0.4, -0.2) is 18.1 Å². The quantitative estimate of drug-likeness (QED) is 0.871. The fraction of sp³-hybridized carbons (Fsp3) is 0.538. The third kappa shape index (κ3) is 3.21. The van der Waals surface area contributed by atoms with E-state index in [-0.39, 0.29) is 0 Å². The summed E-state index contributed by atoms with van der Waals surface area (Å²) in [5.74, 6) is 0. The van der Waals surface area contributed by atoms with Crippen molar-refractivity contribution >= 4 is 11.6 Å². The topological polar surface area (TPSA) is 15.3 Å². The first-order valence-corrected chi connectivity index (χ1v) is 6.37. The second-order valence-electron chi connectivity index (χ2n) is 4.48. The first kappa shape index (κ1) is 11.9. The van der Waals surface area contributed by atoms with E-state index in [1.54, 1.807) is 0 Å². The van der Waals surface area contributed by atoms with Gasteiger partial charge in [-0.3, -0.25) is 5.43 Å². The Morgan fingerprint density at radius 2 is 2.00 bits per heavy atom. The van der Waals surface area contributed by atoms with Crippen LogP contribution in [0.2, 0.25) is 5.02 Å². The predicted molar refractivity (Wildman–Crippen MR) is 68.5 cm³/mol. The number of nitrogens with zero attached hydrogens (tertiary/aromatic N) is 1. The summed E-state index contributed by atoms with van der Waals surface area (Å²) in [6.45, 7) is 5.21. The van der Waals surface area contributed by atoms with Gasteiger partial charge < -0.3 is 0 Å². The summed E-state index contributed by atoms with van der Waals surface area (Å²) < 4.78 is 0. The molecule has 1 aromatic rings. The van der Waals surface area contributed by atoms with Gasteiger partial charge in [-0.25, -0.2) is 5.01 Å². The number of hydrazine groups is 1. The van der Waals surface area contributed by atoms with E-state index < -0.39 is 0 Å². The lowest BCUT2D eigenvalue weighted by Crippen LogP contribution is -2.41. The number of benzene rings is 1. The van der Waals surface area contributed by atoms with E-state index in [4.69, 9.17) is 11.6 Å². The van der Waals surface area contributed by atoms with Crippen LogP contribution in [0.5, 0.6) is 0 Å². The summed E-state index contributed by atoms with van der Waals surface area (Å²) in [6.07, 6.45) is 3.97. The van der Waals surface area contributed by atoms with Gasteiger partial charge in [0.1, 0.15) is 0 Å². The summed E-state index contributed by atoms with van der Waals surface area (Å²) in [4.78, 5) is 0. The summed E-state index contributed by atoms with van der Waals surface area (Å²) in [7, 11) is 0. The molecule has 0 saturated carbocycles. The summed E-state index contributed by atoms with van der Waals surface area (Å²) in [6, 6.07) is 6.24. The largest absolute Gasteiger partial charge is 0.251 e. The van der Waals surface area contributed by atoms with Crippen LogP contribution in [0.1, 0.15) is 30.4 Å². The molecule has 0 aromatic heterocycles. The van der Waals surface area contributed by atoms with Crippen molar-refractivity contribution in [3.8, 4) is 0 Å². The van der Waals surface area contributed by atoms with Gasteiger partial charge in [0.2, 0.25) is 0 Å². The average Bonchev–Trinajstić information content (AvgIpc) is 2.29. The SMILES string of the molecule is Cc1ccc(CNN2CCCCC2)c(Cl)c1. The van der Waals surface area contributed by atoms with E-state index in [2.05, 4.69) is 29.5 Å². The fourth-order valence-corrected chi connectivity index (χ4v) is 2.35. The number of nitrogens with one attached hydrogen (secondary N) is 1. The zero-order chi connectivity index (χ0) is 11.4. The highest BCUT2D eigenvalue weighted by molar-refractivity contribution is 6.31. The molecule has 1 aromatic carbocycles. The van der Waals surface area contributed by atoms with Crippen LogP contribution < -0.4 is 5.43 Å². The van der Waals surface area contributed by atoms with Gasteiger partial charge in [0.05, 0.1) is 0 Å². The molecule has 88 valence electrons. The van der Waals surface area contributed by atoms with E-state index in [0.717, 1.165) is 24.7 Å². The standard InChI is InChI=1S/C13H19ClN2/c1-11-5-6-12(13(14)9-11)10-15-16-7-3-2-4-8-16/h5-6,9,15H,2-4,7-8,10H2,1H3. The number of hydrogen-bond donors (Lipinski definition) is 1. The maximum atomic E-state index is 6.19. The number of aryl methyl sites for hydroxylation is 1. The van der Waals surface area contributed by atoms with E-state index in [1.165, 1.54) is 30.4 Å². The van der Waals surface area contributed by atoms with Crippen LogP contribution in [0, 0.1) is 6.92 Å². The van der Waals surface area contributed by atoms with Crippen LogP contribution in [0.3, 0.4) is 0 Å². The molecule has 0 radical (unpaired) electrons. The Morgan fingerprint density at radius 1 is 1.25 bits per heavy atom. The van der Waals surface area contributed by atoms with Gasteiger partial charge in [-0.15, -0.1) is 0 Å². The number of rotatable bonds is 3. The smallest absolute Gasteiger partial charge is 0.0454 e. The van der Waals surface area contributed by atoms with Crippen LogP contribution in [-0.2, 0) is 6.54 Å². The molecule has 0 aliphatic carbocycles. The third-order valence-corrected chi connectivity index (χ3v) is 3.41. The van der Waals surface area contributed by atoms with Crippen molar-refractivity contribution in [1.29, 1.82) is 0 Å². The molecule has 0 amide bonds. The fourth-order valence-electron chi connectivity index (χ4n) is 2.04. The van der Waals surface area contributed by atoms with Gasteiger partial charge in [0.15, 0.2) is 0 Å². The molecule has 3 heteroatoms. The molecule has 16 heavy (non-hydrogen) atoms. The zero-order valence-corrected chi connectivity index (χ0v) is 10.6. The van der Waals surface area contributed by atoms with Crippen LogP contribution in [0.15, 0.2) is 18.2 Å². The lowest BCUT2D eigenvalue weighted by Gasteiger charge is -2.27. The monoisotopic (exact) mass is 238 g/mol. The second kappa shape index (κ2) is 5.67. The summed E-state index contributed by atoms with van der Waals surface area (Å²) in [5.41, 5.74) is 5.84. The molecule has 2 nitrogen and oxygen atoms in total. The van der Waals surface area contributed by atoms with Crippen molar-refractivity contribution in [2.45, 2.75) is 32.7 Å². The van der Waals surface area contributed by atoms with Crippen molar-refractivity contribution in [1.82, 2.24) is 10.4 Å². The average molecular weight is 239 g/mol. The van der Waals surface area contributed by atoms with Gasteiger partial charge in [0.25, 0.3) is 0 Å². The van der Waals surface area contributed by atoms with Gasteiger partial charge in [-0.2, -0.15) is 0 Å². The van der Waals surface area contributed by atoms with Gasteiger partial charge in [-0.1, -0.05) is 30.2 Å². The minimum absolute atomic E-state index is 0.832. The highest BCUT2D eigenvalue weighted by Crippen LogP contribution is 2.17. The zero-order valence-electron chi connectivity index (χ0n) is 9.80. The first-order valence-electron chi connectivity index (χ1n) is 5.99. The minimum atomic E-state index is 0.832. The van der Waals surface area contributed by atoms with E-state index >= 15 is 0 Å². The Bertz CT molecular complexity index is 346. The number of hydrogen-bond acceptors (Lipinski definition) is 2. The predicted octanol–water partition coefficient (Wildman–Crippen LogP) is 3.14. The van der Waals surface area contributed by atoms with Crippen molar-refractivity contribution in [3.05, 3.63) is 34.3 Å². The van der Waals surface area contributed by atoms with E-state index in [0.29, 0.717) is 0 Å². The van der Waals surface area contributed by atoms with Gasteiger partial charge in [0, 0.05) is 24.7 Å². The highest BCUT2D eigenvalue weighted by Gasteiger charge is 2.09. The third-order valence-electron chi connectivity index (χ3n) is 3.06. The molecule has 0 spiro atoms. The lowest BCUT2D eigenvalue weighted by molar-refractivity contribution is 0.151. The van der Waals surface area contributed by atoms with Crippen LogP contribution in [0.4, 0.5) is 0 Å². The van der Waals surface area contributed by atoms with E-state index in [1.807, 2.05) is 6.07 Å². The molecule has 1 saturated heterocycles. The molecule has 0 unspecified atom stereocenters. The molecule has 0 atom stereocenters. The van der Waals surface area contributed by atoms with Crippen molar-refractivity contribution < 1.29 is 0 Å². The Kier molecular flexibility index (Phi) is 4.22. The summed E-state index contributed by atoms with van der Waals surface area (Å²) in [5, 5.41) is 3.17. The maximum Gasteiger partial charge on any atom is 0.0454 e. The maximum absolute atomic E-state index is 6.19. The molecule has 1 fully saturated rings. The highest BCUT2D eigenvalue weighted by atomic mass is 35.5. The Labute approximate surface area is 103 Å². The molecular formula is C13H19ClN2. The van der Waals surface area contributed by atoms with Crippen molar-refractivity contribution in [2.75, 3.05) is 13.1 Å². The molecule has 1 N–H and O–H groups in total. The number of halogens is 1. The van der Waals surface area contributed by atoms with Gasteiger partial charge in [-0.05, 0) is 37.0 Å². The molecule has 0 bridgehead atoms. The summed E-state index contributed by atoms with van der Waals surface area (Å²) >= 11 is 6.19. The van der Waals surface area contributed by atoms with Crippen molar-refractivity contribution in [2.24, 2.45) is 0 Å². The molecule has 1 heterocycles. The van der Waals surface area contributed by atoms with Crippen LogP contribution >= 0.6 is 11.6 Å².